The first kappa shape index (κ1) is 10.6. The molecular formula is C20H14O. The molecule has 21 heavy (non-hydrogen) atoms. The van der Waals surface area contributed by atoms with Gasteiger partial charge >= 0.3 is 0 Å². The topological polar surface area (TPSA) is 12.5 Å². The Morgan fingerprint density at radius 3 is 2.71 bits per heavy atom. The molecule has 1 aliphatic heterocycles. The zero-order chi connectivity index (χ0) is 13.6. The lowest BCUT2D eigenvalue weighted by atomic mass is 9.84. The Balaban J connectivity index is 1.79. The molecule has 0 bridgehead atoms. The maximum atomic E-state index is 5.86. The molecule has 3 aliphatic rings. The van der Waals surface area contributed by atoms with Crippen LogP contribution in [0.5, 0.6) is 0 Å². The summed E-state index contributed by atoms with van der Waals surface area (Å²) in [7, 11) is 0. The van der Waals surface area contributed by atoms with Crippen LogP contribution in [0.2, 0.25) is 0 Å². The van der Waals surface area contributed by atoms with Crippen LogP contribution in [0.1, 0.15) is 28.7 Å². The van der Waals surface area contributed by atoms with Crippen LogP contribution in [0.25, 0.3) is 21.5 Å². The minimum atomic E-state index is 0.363. The Labute approximate surface area is 122 Å². The Hall–Kier alpha value is -2.12. The van der Waals surface area contributed by atoms with Gasteiger partial charge in [0.25, 0.3) is 0 Å². The lowest BCUT2D eigenvalue weighted by molar-refractivity contribution is 0.348. The van der Waals surface area contributed by atoms with Crippen LogP contribution in [-0.4, -0.2) is 6.10 Å². The van der Waals surface area contributed by atoms with Gasteiger partial charge in [0.1, 0.15) is 6.10 Å². The number of hydrogen-bond acceptors (Lipinski definition) is 1. The van der Waals surface area contributed by atoms with E-state index in [9.17, 15) is 0 Å². The third-order valence-corrected chi connectivity index (χ3v) is 5.37. The fourth-order valence-electron chi connectivity index (χ4n) is 4.40. The highest BCUT2D eigenvalue weighted by atomic mass is 16.6. The van der Waals surface area contributed by atoms with Crippen LogP contribution in [0.4, 0.5) is 0 Å². The van der Waals surface area contributed by atoms with E-state index in [-0.39, 0.29) is 0 Å². The number of allylic oxidation sites excluding steroid dienone is 1. The largest absolute Gasteiger partial charge is 0.363 e. The monoisotopic (exact) mass is 270 g/mol. The lowest BCUT2D eigenvalue weighted by Crippen LogP contribution is -2.08. The number of epoxide rings is 1. The minimum absolute atomic E-state index is 0.363. The molecule has 6 rings (SSSR count). The first-order valence-electron chi connectivity index (χ1n) is 7.70. The highest BCUT2D eigenvalue weighted by Gasteiger charge is 2.54. The Bertz CT molecular complexity index is 966. The summed E-state index contributed by atoms with van der Waals surface area (Å²) in [4.78, 5) is 0. The van der Waals surface area contributed by atoms with E-state index in [1.165, 1.54) is 32.7 Å². The molecular weight excluding hydrogens is 256 g/mol. The van der Waals surface area contributed by atoms with Gasteiger partial charge in [-0.1, -0.05) is 36.4 Å². The molecule has 0 N–H and O–H groups in total. The number of ether oxygens (including phenoxy) is 1. The van der Waals surface area contributed by atoms with E-state index in [1.54, 1.807) is 5.56 Å². The fraction of sp³-hybridized carbons (Fsp3) is 0.200. The SMILES string of the molecule is C1=CC2c3c(cc4cc5ccccc5cc4c3C1)C1OC21. The summed E-state index contributed by atoms with van der Waals surface area (Å²) in [6.45, 7) is 0. The highest BCUT2D eigenvalue weighted by molar-refractivity contribution is 6.01. The third kappa shape index (κ3) is 1.22. The van der Waals surface area contributed by atoms with E-state index in [1.807, 2.05) is 0 Å². The molecule has 2 aliphatic carbocycles. The summed E-state index contributed by atoms with van der Waals surface area (Å²) >= 11 is 0. The zero-order valence-electron chi connectivity index (χ0n) is 11.5. The van der Waals surface area contributed by atoms with Crippen LogP contribution in [0.3, 0.4) is 0 Å². The fourth-order valence-corrected chi connectivity index (χ4v) is 4.40. The molecule has 1 nitrogen and oxygen atoms in total. The average Bonchev–Trinajstić information content (AvgIpc) is 3.26. The molecule has 0 saturated carbocycles. The number of benzene rings is 3. The second kappa shape index (κ2) is 3.37. The molecule has 0 spiro atoms. The van der Waals surface area contributed by atoms with E-state index in [0.29, 0.717) is 18.1 Å². The Kier molecular flexibility index (Phi) is 1.70. The number of fused-ring (bicyclic) bond motifs is 6. The van der Waals surface area contributed by atoms with Crippen LogP contribution in [-0.2, 0) is 11.2 Å². The van der Waals surface area contributed by atoms with Gasteiger partial charge in [0.2, 0.25) is 0 Å². The normalized spacial score (nSPS) is 27.9. The van der Waals surface area contributed by atoms with Gasteiger partial charge in [0, 0.05) is 5.92 Å². The molecule has 0 amide bonds. The summed E-state index contributed by atoms with van der Waals surface area (Å²) in [5.41, 5.74) is 4.56. The molecule has 1 saturated heterocycles. The van der Waals surface area contributed by atoms with Gasteiger partial charge in [-0.25, -0.2) is 0 Å². The standard InChI is InChI=1S/C20H14O/c1-2-5-12-9-16-13(8-11(12)4-1)10-17-18-14(16)6-3-7-15(18)19-20(17)21-19/h1-5,7-10,15,19-20H,6H2. The smallest absolute Gasteiger partial charge is 0.110 e. The van der Waals surface area contributed by atoms with Crippen LogP contribution in [0.15, 0.2) is 54.6 Å². The quantitative estimate of drug-likeness (QED) is 0.329. The molecule has 3 aromatic carbocycles. The van der Waals surface area contributed by atoms with Crippen molar-refractivity contribution in [2.45, 2.75) is 24.5 Å². The van der Waals surface area contributed by atoms with Gasteiger partial charge in [-0.2, -0.15) is 0 Å². The summed E-state index contributed by atoms with van der Waals surface area (Å²) in [5, 5.41) is 5.47. The van der Waals surface area contributed by atoms with Crippen molar-refractivity contribution in [3.63, 3.8) is 0 Å². The van der Waals surface area contributed by atoms with E-state index in [0.717, 1.165) is 6.42 Å². The zero-order valence-corrected chi connectivity index (χ0v) is 11.5. The molecule has 3 aromatic rings. The average molecular weight is 270 g/mol. The van der Waals surface area contributed by atoms with Crippen molar-refractivity contribution in [2.75, 3.05) is 0 Å². The Morgan fingerprint density at radius 2 is 1.81 bits per heavy atom. The van der Waals surface area contributed by atoms with Crippen molar-refractivity contribution in [3.05, 3.63) is 71.3 Å². The highest BCUT2D eigenvalue weighted by Crippen LogP contribution is 2.59. The summed E-state index contributed by atoms with van der Waals surface area (Å²) in [5.74, 6) is 0.504. The predicted octanol–water partition coefficient (Wildman–Crippen LogP) is 4.64. The number of hydrogen-bond donors (Lipinski definition) is 0. The van der Waals surface area contributed by atoms with Crippen molar-refractivity contribution in [1.29, 1.82) is 0 Å². The first-order chi connectivity index (χ1) is 10.4. The van der Waals surface area contributed by atoms with Crippen molar-refractivity contribution in [1.82, 2.24) is 0 Å². The molecule has 0 radical (unpaired) electrons. The van der Waals surface area contributed by atoms with Crippen molar-refractivity contribution in [3.8, 4) is 0 Å². The maximum absolute atomic E-state index is 5.86. The molecule has 1 heterocycles. The number of rotatable bonds is 0. The van der Waals surface area contributed by atoms with Crippen molar-refractivity contribution in [2.24, 2.45) is 0 Å². The van der Waals surface area contributed by atoms with Crippen LogP contribution in [0, 0.1) is 0 Å². The predicted molar refractivity (Wildman–Crippen MR) is 84.7 cm³/mol. The van der Waals surface area contributed by atoms with Crippen molar-refractivity contribution >= 4 is 21.5 Å². The second-order valence-corrected chi connectivity index (χ2v) is 6.46. The van der Waals surface area contributed by atoms with Crippen molar-refractivity contribution < 1.29 is 4.74 Å². The molecule has 1 heteroatoms. The molecule has 1 fully saturated rings. The summed E-state index contributed by atoms with van der Waals surface area (Å²) in [6.07, 6.45) is 6.53. The van der Waals surface area contributed by atoms with Gasteiger partial charge in [-0.3, -0.25) is 0 Å². The van der Waals surface area contributed by atoms with E-state index >= 15 is 0 Å². The molecule has 3 atom stereocenters. The van der Waals surface area contributed by atoms with Gasteiger partial charge < -0.3 is 4.74 Å². The molecule has 3 unspecified atom stereocenters. The third-order valence-electron chi connectivity index (χ3n) is 5.37. The summed E-state index contributed by atoms with van der Waals surface area (Å²) in [6, 6.07) is 15.7. The van der Waals surface area contributed by atoms with Gasteiger partial charge in [0.15, 0.2) is 0 Å². The minimum Gasteiger partial charge on any atom is -0.363 e. The maximum Gasteiger partial charge on any atom is 0.110 e. The van der Waals surface area contributed by atoms with Gasteiger partial charge in [0.05, 0.1) is 6.10 Å². The van der Waals surface area contributed by atoms with Gasteiger partial charge in [-0.05, 0) is 62.9 Å². The van der Waals surface area contributed by atoms with E-state index in [2.05, 4.69) is 54.6 Å². The van der Waals surface area contributed by atoms with Gasteiger partial charge in [-0.15, -0.1) is 0 Å². The second-order valence-electron chi connectivity index (χ2n) is 6.46. The Morgan fingerprint density at radius 1 is 0.952 bits per heavy atom. The molecule has 0 aromatic heterocycles. The van der Waals surface area contributed by atoms with Crippen LogP contribution < -0.4 is 0 Å². The lowest BCUT2D eigenvalue weighted by Gasteiger charge is -2.21. The molecule has 100 valence electrons. The first-order valence-corrected chi connectivity index (χ1v) is 7.70. The van der Waals surface area contributed by atoms with E-state index < -0.39 is 0 Å². The van der Waals surface area contributed by atoms with Crippen LogP contribution >= 0.6 is 0 Å². The summed E-state index contributed by atoms with van der Waals surface area (Å²) < 4.78 is 5.86. The van der Waals surface area contributed by atoms with E-state index in [4.69, 9.17) is 4.74 Å².